The third-order valence-corrected chi connectivity index (χ3v) is 4.21. The number of nitrogens with zero attached hydrogens (tertiary/aromatic N) is 5. The van der Waals surface area contributed by atoms with E-state index in [1.165, 1.54) is 6.54 Å². The Kier molecular flexibility index (Phi) is 7.55. The fourth-order valence-electron chi connectivity index (χ4n) is 2.93. The van der Waals surface area contributed by atoms with Crippen molar-refractivity contribution < 1.29 is 4.79 Å². The molecule has 1 fully saturated rings. The van der Waals surface area contributed by atoms with Gasteiger partial charge in [-0.1, -0.05) is 13.8 Å². The molecule has 0 aliphatic carbocycles. The van der Waals surface area contributed by atoms with Crippen LogP contribution >= 0.6 is 0 Å². The number of amides is 1. The molecule has 24 heavy (non-hydrogen) atoms. The van der Waals surface area contributed by atoms with Gasteiger partial charge in [0.1, 0.15) is 5.82 Å². The summed E-state index contributed by atoms with van der Waals surface area (Å²) in [6, 6.07) is 0. The Hall–Kier alpha value is -1.57. The van der Waals surface area contributed by atoms with Crippen molar-refractivity contribution in [2.24, 2.45) is 11.7 Å². The standard InChI is InChI=1S/C17H30N6O/c1-15(2)12-21-6-8-22(9-7-21)13-17-19-10-16(11-20-17)23(14-24)5-3-4-18/h10-11,14-15H,3-9,12-13,18H2,1-2H3. The van der Waals surface area contributed by atoms with Gasteiger partial charge in [0.05, 0.1) is 24.6 Å². The van der Waals surface area contributed by atoms with Crippen molar-refractivity contribution in [3.63, 3.8) is 0 Å². The van der Waals surface area contributed by atoms with Gasteiger partial charge in [0.2, 0.25) is 6.41 Å². The van der Waals surface area contributed by atoms with E-state index in [4.69, 9.17) is 5.73 Å². The van der Waals surface area contributed by atoms with Crippen molar-refractivity contribution in [3.05, 3.63) is 18.2 Å². The first-order chi connectivity index (χ1) is 11.6. The molecule has 2 N–H and O–H groups in total. The van der Waals surface area contributed by atoms with Gasteiger partial charge < -0.3 is 15.5 Å². The average molecular weight is 334 g/mol. The summed E-state index contributed by atoms with van der Waals surface area (Å²) >= 11 is 0. The molecule has 7 nitrogen and oxygen atoms in total. The van der Waals surface area contributed by atoms with Gasteiger partial charge in [-0.2, -0.15) is 0 Å². The Morgan fingerprint density at radius 3 is 2.38 bits per heavy atom. The summed E-state index contributed by atoms with van der Waals surface area (Å²) in [4.78, 5) is 26.5. The maximum absolute atomic E-state index is 11.1. The second-order valence-electron chi connectivity index (χ2n) is 6.77. The lowest BCUT2D eigenvalue weighted by Gasteiger charge is -2.35. The molecule has 2 rings (SSSR count). The fraction of sp³-hybridized carbons (Fsp3) is 0.706. The summed E-state index contributed by atoms with van der Waals surface area (Å²) in [5, 5.41) is 0. The molecule has 1 saturated heterocycles. The lowest BCUT2D eigenvalue weighted by molar-refractivity contribution is -0.107. The van der Waals surface area contributed by atoms with E-state index < -0.39 is 0 Å². The minimum atomic E-state index is 0.562. The van der Waals surface area contributed by atoms with Gasteiger partial charge in [-0.25, -0.2) is 9.97 Å². The minimum Gasteiger partial charge on any atom is -0.330 e. The lowest BCUT2D eigenvalue weighted by Crippen LogP contribution is -2.47. The number of carbonyl (C=O) groups excluding carboxylic acids is 1. The lowest BCUT2D eigenvalue weighted by atomic mass is 10.2. The van der Waals surface area contributed by atoms with Crippen LogP contribution in [0.2, 0.25) is 0 Å². The molecule has 0 spiro atoms. The Morgan fingerprint density at radius 1 is 1.21 bits per heavy atom. The maximum Gasteiger partial charge on any atom is 0.214 e. The normalized spacial score (nSPS) is 16.5. The van der Waals surface area contributed by atoms with Crippen molar-refractivity contribution in [2.75, 3.05) is 50.7 Å². The van der Waals surface area contributed by atoms with Gasteiger partial charge in [0, 0.05) is 39.3 Å². The monoisotopic (exact) mass is 334 g/mol. The minimum absolute atomic E-state index is 0.562. The number of carbonyl (C=O) groups is 1. The third-order valence-electron chi connectivity index (χ3n) is 4.21. The Bertz CT molecular complexity index is 484. The largest absolute Gasteiger partial charge is 0.330 e. The summed E-state index contributed by atoms with van der Waals surface area (Å²) in [5.41, 5.74) is 6.22. The Morgan fingerprint density at radius 2 is 1.83 bits per heavy atom. The SMILES string of the molecule is CC(C)CN1CCN(Cc2ncc(N(C=O)CCCN)cn2)CC1. The van der Waals surface area contributed by atoms with Crippen LogP contribution in [-0.2, 0) is 11.3 Å². The molecule has 1 aromatic rings. The van der Waals surface area contributed by atoms with Crippen LogP contribution in [0, 0.1) is 5.92 Å². The fourth-order valence-corrected chi connectivity index (χ4v) is 2.93. The van der Waals surface area contributed by atoms with E-state index in [0.29, 0.717) is 19.0 Å². The summed E-state index contributed by atoms with van der Waals surface area (Å²) < 4.78 is 0. The topological polar surface area (TPSA) is 78.6 Å². The molecule has 2 heterocycles. The molecule has 0 radical (unpaired) electrons. The number of nitrogens with two attached hydrogens (primary N) is 1. The zero-order valence-electron chi connectivity index (χ0n) is 14.9. The molecule has 0 atom stereocenters. The van der Waals surface area contributed by atoms with Crippen LogP contribution in [0.4, 0.5) is 5.69 Å². The van der Waals surface area contributed by atoms with Gasteiger partial charge >= 0.3 is 0 Å². The molecule has 1 aromatic heterocycles. The van der Waals surface area contributed by atoms with Crippen LogP contribution in [-0.4, -0.2) is 72.0 Å². The molecular weight excluding hydrogens is 304 g/mol. The van der Waals surface area contributed by atoms with Gasteiger partial charge in [0.25, 0.3) is 0 Å². The highest BCUT2D eigenvalue weighted by atomic mass is 16.1. The van der Waals surface area contributed by atoms with Gasteiger partial charge in [-0.05, 0) is 18.9 Å². The van der Waals surface area contributed by atoms with Crippen molar-refractivity contribution >= 4 is 12.1 Å². The second-order valence-corrected chi connectivity index (χ2v) is 6.77. The Labute approximate surface area is 144 Å². The van der Waals surface area contributed by atoms with E-state index in [9.17, 15) is 4.79 Å². The van der Waals surface area contributed by atoms with Crippen LogP contribution in [0.3, 0.4) is 0 Å². The highest BCUT2D eigenvalue weighted by molar-refractivity contribution is 5.73. The molecule has 0 unspecified atom stereocenters. The van der Waals surface area contributed by atoms with Crippen LogP contribution < -0.4 is 10.6 Å². The second kappa shape index (κ2) is 9.66. The Balaban J connectivity index is 1.83. The highest BCUT2D eigenvalue weighted by Crippen LogP contribution is 2.12. The zero-order chi connectivity index (χ0) is 17.4. The number of hydrogen-bond acceptors (Lipinski definition) is 6. The van der Waals surface area contributed by atoms with Gasteiger partial charge in [0.15, 0.2) is 0 Å². The summed E-state index contributed by atoms with van der Waals surface area (Å²) in [7, 11) is 0. The number of anilines is 1. The van der Waals surface area contributed by atoms with Gasteiger partial charge in [-0.3, -0.25) is 9.69 Å². The van der Waals surface area contributed by atoms with Crippen molar-refractivity contribution in [1.29, 1.82) is 0 Å². The first-order valence-electron chi connectivity index (χ1n) is 8.80. The summed E-state index contributed by atoms with van der Waals surface area (Å²) in [6.07, 6.45) is 5.02. The number of rotatable bonds is 9. The summed E-state index contributed by atoms with van der Waals surface area (Å²) in [5.74, 6) is 1.52. The van der Waals surface area contributed by atoms with Crippen molar-refractivity contribution in [1.82, 2.24) is 19.8 Å². The zero-order valence-corrected chi connectivity index (χ0v) is 14.9. The van der Waals surface area contributed by atoms with E-state index >= 15 is 0 Å². The average Bonchev–Trinajstić information content (AvgIpc) is 2.58. The predicted octanol–water partition coefficient (Wildman–Crippen LogP) is 0.562. The summed E-state index contributed by atoms with van der Waals surface area (Å²) in [6.45, 7) is 11.9. The molecule has 7 heteroatoms. The highest BCUT2D eigenvalue weighted by Gasteiger charge is 2.18. The third kappa shape index (κ3) is 5.81. The van der Waals surface area contributed by atoms with Crippen LogP contribution in [0.15, 0.2) is 12.4 Å². The molecule has 134 valence electrons. The quantitative estimate of drug-likeness (QED) is 0.665. The smallest absolute Gasteiger partial charge is 0.214 e. The molecule has 1 amide bonds. The first kappa shape index (κ1) is 18.8. The van der Waals surface area contributed by atoms with E-state index in [0.717, 1.165) is 57.1 Å². The van der Waals surface area contributed by atoms with Gasteiger partial charge in [-0.15, -0.1) is 0 Å². The molecule has 1 aliphatic heterocycles. The molecule has 0 bridgehead atoms. The van der Waals surface area contributed by atoms with Crippen LogP contribution in [0.25, 0.3) is 0 Å². The van der Waals surface area contributed by atoms with E-state index in [2.05, 4.69) is 33.6 Å². The van der Waals surface area contributed by atoms with E-state index in [1.54, 1.807) is 17.3 Å². The van der Waals surface area contributed by atoms with E-state index in [1.807, 2.05) is 0 Å². The van der Waals surface area contributed by atoms with Crippen LogP contribution in [0.1, 0.15) is 26.1 Å². The number of aromatic nitrogens is 2. The van der Waals surface area contributed by atoms with Crippen molar-refractivity contribution in [2.45, 2.75) is 26.8 Å². The first-order valence-corrected chi connectivity index (χ1v) is 8.80. The van der Waals surface area contributed by atoms with Crippen molar-refractivity contribution in [3.8, 4) is 0 Å². The number of piperazine rings is 1. The molecular formula is C17H30N6O. The maximum atomic E-state index is 11.1. The predicted molar refractivity (Wildman–Crippen MR) is 95.7 cm³/mol. The molecule has 1 aliphatic rings. The molecule has 0 aromatic carbocycles. The molecule has 0 saturated carbocycles. The number of hydrogen-bond donors (Lipinski definition) is 1. The van der Waals surface area contributed by atoms with E-state index in [-0.39, 0.29) is 0 Å². The van der Waals surface area contributed by atoms with Crippen LogP contribution in [0.5, 0.6) is 0 Å².